The first-order valence-corrected chi connectivity index (χ1v) is 6.10. The lowest BCUT2D eigenvalue weighted by atomic mass is 10.1. The van der Waals surface area contributed by atoms with Gasteiger partial charge in [-0.2, -0.15) is 5.10 Å². The van der Waals surface area contributed by atoms with Crippen LogP contribution in [0.25, 0.3) is 5.69 Å². The summed E-state index contributed by atoms with van der Waals surface area (Å²) in [7, 11) is 0. The molecule has 1 aromatic heterocycles. The normalized spacial score (nSPS) is 11.8. The number of rotatable bonds is 3. The maximum absolute atomic E-state index is 11.0. The number of carboxylic acid groups (broad SMARTS) is 1. The number of hydrogen-bond acceptors (Lipinski definition) is 3. The van der Waals surface area contributed by atoms with Gasteiger partial charge in [-0.05, 0) is 32.0 Å². The lowest BCUT2D eigenvalue weighted by molar-refractivity contribution is -0.138. The van der Waals surface area contributed by atoms with E-state index in [0.717, 1.165) is 5.69 Å². The fraction of sp³-hybridized carbons (Fsp3) is 0.231. The molecule has 0 saturated carbocycles. The van der Waals surface area contributed by atoms with Gasteiger partial charge in [-0.25, -0.2) is 4.68 Å². The summed E-state index contributed by atoms with van der Waals surface area (Å²) in [5, 5.41) is 14.0. The van der Waals surface area contributed by atoms with Gasteiger partial charge < -0.3 is 10.8 Å². The van der Waals surface area contributed by atoms with E-state index >= 15 is 0 Å². The van der Waals surface area contributed by atoms with Gasteiger partial charge >= 0.3 is 5.97 Å². The second kappa shape index (κ2) is 6.26. The Labute approximate surface area is 127 Å². The van der Waals surface area contributed by atoms with Gasteiger partial charge in [0.15, 0.2) is 0 Å². The molecule has 108 valence electrons. The number of aliphatic carboxylic acids is 1. The fourth-order valence-electron chi connectivity index (χ4n) is 2.09. The second-order valence-corrected chi connectivity index (χ2v) is 4.73. The first-order chi connectivity index (χ1) is 8.91. The summed E-state index contributed by atoms with van der Waals surface area (Å²) in [6.45, 7) is 3.53. The maximum atomic E-state index is 11.0. The highest BCUT2D eigenvalue weighted by atomic mass is 35.5. The standard InChI is InChI=1S/C13H14ClN3O2.ClH/c1-7-11(12(15)13(18)19)8(2)17(16-7)10-5-3-4-9(14)6-10;/h3-6,12H,15H2,1-2H3,(H,18,19);1H. The summed E-state index contributed by atoms with van der Waals surface area (Å²) >= 11 is 5.95. The summed E-state index contributed by atoms with van der Waals surface area (Å²) in [5.74, 6) is -1.07. The zero-order chi connectivity index (χ0) is 14.2. The number of carboxylic acids is 1. The minimum absolute atomic E-state index is 0. The molecule has 1 unspecified atom stereocenters. The molecular weight excluding hydrogens is 301 g/mol. The molecule has 0 spiro atoms. The van der Waals surface area contributed by atoms with E-state index in [1.54, 1.807) is 30.7 Å². The van der Waals surface area contributed by atoms with Crippen LogP contribution in [0.3, 0.4) is 0 Å². The van der Waals surface area contributed by atoms with Gasteiger partial charge in [0.05, 0.1) is 11.4 Å². The quantitative estimate of drug-likeness (QED) is 0.912. The molecule has 2 rings (SSSR count). The summed E-state index contributed by atoms with van der Waals surface area (Å²) in [6.07, 6.45) is 0. The molecule has 1 aromatic carbocycles. The number of nitrogens with two attached hydrogens (primary N) is 1. The Morgan fingerprint density at radius 1 is 1.45 bits per heavy atom. The van der Waals surface area contributed by atoms with Crippen molar-refractivity contribution in [3.63, 3.8) is 0 Å². The van der Waals surface area contributed by atoms with Crippen LogP contribution in [0.4, 0.5) is 0 Å². The van der Waals surface area contributed by atoms with E-state index in [0.29, 0.717) is 22.0 Å². The van der Waals surface area contributed by atoms with Gasteiger partial charge in [-0.15, -0.1) is 12.4 Å². The van der Waals surface area contributed by atoms with Crippen molar-refractivity contribution >= 4 is 30.0 Å². The highest BCUT2D eigenvalue weighted by Gasteiger charge is 2.23. The molecule has 1 atom stereocenters. The van der Waals surface area contributed by atoms with Crippen LogP contribution < -0.4 is 5.73 Å². The predicted molar refractivity (Wildman–Crippen MR) is 79.9 cm³/mol. The summed E-state index contributed by atoms with van der Waals surface area (Å²) in [6, 6.07) is 6.11. The van der Waals surface area contributed by atoms with E-state index in [4.69, 9.17) is 22.4 Å². The lowest BCUT2D eigenvalue weighted by Gasteiger charge is -2.08. The van der Waals surface area contributed by atoms with Crippen molar-refractivity contribution in [2.75, 3.05) is 0 Å². The number of aryl methyl sites for hydroxylation is 1. The molecule has 0 aliphatic heterocycles. The number of carbonyl (C=O) groups is 1. The van der Waals surface area contributed by atoms with Gasteiger partial charge in [0, 0.05) is 16.3 Å². The number of hydrogen-bond donors (Lipinski definition) is 2. The summed E-state index contributed by atoms with van der Waals surface area (Å²) in [5.41, 5.74) is 8.30. The molecule has 0 radical (unpaired) electrons. The largest absolute Gasteiger partial charge is 0.480 e. The molecule has 0 fully saturated rings. The monoisotopic (exact) mass is 315 g/mol. The Balaban J connectivity index is 0.00000200. The van der Waals surface area contributed by atoms with Crippen molar-refractivity contribution in [1.82, 2.24) is 9.78 Å². The highest BCUT2D eigenvalue weighted by Crippen LogP contribution is 2.24. The molecule has 0 amide bonds. The molecule has 0 aliphatic rings. The van der Waals surface area contributed by atoms with Crippen molar-refractivity contribution in [2.45, 2.75) is 19.9 Å². The van der Waals surface area contributed by atoms with Crippen molar-refractivity contribution < 1.29 is 9.90 Å². The van der Waals surface area contributed by atoms with Crippen LogP contribution in [0.5, 0.6) is 0 Å². The van der Waals surface area contributed by atoms with Crippen LogP contribution in [0.1, 0.15) is 23.0 Å². The topological polar surface area (TPSA) is 81.1 Å². The van der Waals surface area contributed by atoms with Gasteiger partial charge in [-0.3, -0.25) is 4.79 Å². The van der Waals surface area contributed by atoms with Crippen LogP contribution in [-0.4, -0.2) is 20.9 Å². The predicted octanol–water partition coefficient (Wildman–Crippen LogP) is 2.65. The molecule has 2 aromatic rings. The minimum Gasteiger partial charge on any atom is -0.480 e. The van der Waals surface area contributed by atoms with Crippen molar-refractivity contribution in [3.8, 4) is 5.69 Å². The third kappa shape index (κ3) is 2.95. The summed E-state index contributed by atoms with van der Waals surface area (Å²) < 4.78 is 1.65. The van der Waals surface area contributed by atoms with E-state index in [1.165, 1.54) is 0 Å². The van der Waals surface area contributed by atoms with E-state index < -0.39 is 12.0 Å². The Morgan fingerprint density at radius 3 is 2.65 bits per heavy atom. The smallest absolute Gasteiger partial charge is 0.325 e. The van der Waals surface area contributed by atoms with Crippen LogP contribution in [0.15, 0.2) is 24.3 Å². The molecule has 20 heavy (non-hydrogen) atoms. The molecule has 0 saturated heterocycles. The Hall–Kier alpha value is -1.56. The van der Waals surface area contributed by atoms with E-state index in [2.05, 4.69) is 5.10 Å². The number of aromatic nitrogens is 2. The lowest BCUT2D eigenvalue weighted by Crippen LogP contribution is -2.22. The van der Waals surface area contributed by atoms with E-state index in [-0.39, 0.29) is 12.4 Å². The third-order valence-electron chi connectivity index (χ3n) is 2.98. The van der Waals surface area contributed by atoms with Gasteiger partial charge in [-0.1, -0.05) is 17.7 Å². The number of nitrogens with zero attached hydrogens (tertiary/aromatic N) is 2. The first-order valence-electron chi connectivity index (χ1n) is 5.72. The third-order valence-corrected chi connectivity index (χ3v) is 3.21. The Bertz CT molecular complexity index is 641. The average molecular weight is 316 g/mol. The van der Waals surface area contributed by atoms with Crippen molar-refractivity contribution in [3.05, 3.63) is 46.2 Å². The van der Waals surface area contributed by atoms with Crippen molar-refractivity contribution in [1.29, 1.82) is 0 Å². The van der Waals surface area contributed by atoms with Crippen LogP contribution in [-0.2, 0) is 4.79 Å². The van der Waals surface area contributed by atoms with E-state index in [1.807, 2.05) is 12.1 Å². The maximum Gasteiger partial charge on any atom is 0.325 e. The zero-order valence-corrected chi connectivity index (χ0v) is 12.6. The molecule has 0 bridgehead atoms. The molecule has 5 nitrogen and oxygen atoms in total. The first kappa shape index (κ1) is 16.5. The Kier molecular flexibility index (Phi) is 5.16. The van der Waals surface area contributed by atoms with Gasteiger partial charge in [0.25, 0.3) is 0 Å². The second-order valence-electron chi connectivity index (χ2n) is 4.29. The summed E-state index contributed by atoms with van der Waals surface area (Å²) in [4.78, 5) is 11.0. The molecular formula is C13H15Cl2N3O2. The molecule has 1 heterocycles. The molecule has 0 aliphatic carbocycles. The Morgan fingerprint density at radius 2 is 2.10 bits per heavy atom. The van der Waals surface area contributed by atoms with Gasteiger partial charge in [0.1, 0.15) is 6.04 Å². The number of halogens is 2. The average Bonchev–Trinajstić information content (AvgIpc) is 2.64. The van der Waals surface area contributed by atoms with Crippen LogP contribution >= 0.6 is 24.0 Å². The molecule has 7 heteroatoms. The van der Waals surface area contributed by atoms with Gasteiger partial charge in [0.2, 0.25) is 0 Å². The highest BCUT2D eigenvalue weighted by molar-refractivity contribution is 6.30. The van der Waals surface area contributed by atoms with Crippen LogP contribution in [0.2, 0.25) is 5.02 Å². The van der Waals surface area contributed by atoms with E-state index in [9.17, 15) is 4.79 Å². The fourth-order valence-corrected chi connectivity index (χ4v) is 2.27. The zero-order valence-electron chi connectivity index (χ0n) is 11.0. The molecule has 3 N–H and O–H groups in total. The minimum atomic E-state index is -1.08. The number of benzene rings is 1. The van der Waals surface area contributed by atoms with Crippen LogP contribution in [0, 0.1) is 13.8 Å². The van der Waals surface area contributed by atoms with Crippen molar-refractivity contribution in [2.24, 2.45) is 5.73 Å². The SMILES string of the molecule is Cc1nn(-c2cccc(Cl)c2)c(C)c1C(N)C(=O)O.Cl.